The summed E-state index contributed by atoms with van der Waals surface area (Å²) in [6, 6.07) is 0. The number of fused-ring (bicyclic) bond motifs is 1. The van der Waals surface area contributed by atoms with E-state index in [1.807, 2.05) is 34.8 Å². The van der Waals surface area contributed by atoms with Gasteiger partial charge < -0.3 is 19.3 Å². The Hall–Kier alpha value is -0.300. The molecule has 4 nitrogen and oxygen atoms in total. The smallest absolute Gasteiger partial charge is 0.148 e. The second-order valence-corrected chi connectivity index (χ2v) is 11.2. The largest absolute Gasteiger partial charge is 0.384 e. The van der Waals surface area contributed by atoms with Gasteiger partial charge in [0.05, 0.1) is 19.3 Å². The van der Waals surface area contributed by atoms with Gasteiger partial charge in [0.2, 0.25) is 0 Å². The van der Waals surface area contributed by atoms with E-state index in [2.05, 4.69) is 23.6 Å². The first-order chi connectivity index (χ1) is 16.3. The predicted octanol–water partition coefficient (Wildman–Crippen LogP) is 5.99. The molecule has 0 N–H and O–H groups in total. The van der Waals surface area contributed by atoms with E-state index >= 15 is 0 Å². The number of rotatable bonds is 10. The van der Waals surface area contributed by atoms with E-state index < -0.39 is 12.3 Å². The van der Waals surface area contributed by atoms with Crippen LogP contribution < -0.4 is 0 Å². The molecule has 0 aromatic rings. The highest BCUT2D eigenvalue weighted by Gasteiger charge is 2.70. The molecule has 2 unspecified atom stereocenters. The van der Waals surface area contributed by atoms with E-state index in [-0.39, 0.29) is 17.9 Å². The van der Waals surface area contributed by atoms with E-state index in [0.29, 0.717) is 10.8 Å². The van der Waals surface area contributed by atoms with Gasteiger partial charge in [0.25, 0.3) is 0 Å². The summed E-state index contributed by atoms with van der Waals surface area (Å²) in [5.74, 6) is -0.0753. The van der Waals surface area contributed by atoms with Crippen molar-refractivity contribution in [3.05, 3.63) is 0 Å². The highest BCUT2D eigenvalue weighted by atomic mass is 19.2. The van der Waals surface area contributed by atoms with Gasteiger partial charge in [0.1, 0.15) is 12.3 Å². The van der Waals surface area contributed by atoms with Crippen LogP contribution in [0.3, 0.4) is 0 Å². The molecule has 0 radical (unpaired) electrons. The minimum atomic E-state index is -1.47. The summed E-state index contributed by atoms with van der Waals surface area (Å²) in [5.41, 5.74) is -0.587. The third-order valence-corrected chi connectivity index (χ3v) is 8.13. The Morgan fingerprint density at radius 3 is 1.71 bits per heavy atom. The van der Waals surface area contributed by atoms with Gasteiger partial charge in [-0.25, -0.2) is 8.78 Å². The summed E-state index contributed by atoms with van der Waals surface area (Å²) in [7, 11) is 1.82. The second-order valence-electron chi connectivity index (χ2n) is 11.2. The van der Waals surface area contributed by atoms with Crippen LogP contribution in [0.5, 0.6) is 0 Å². The summed E-state index contributed by atoms with van der Waals surface area (Å²) in [6.45, 7) is 19.6. The molecule has 0 aromatic heterocycles. The van der Waals surface area contributed by atoms with Gasteiger partial charge in [-0.2, -0.15) is 0 Å². The van der Waals surface area contributed by atoms with Crippen molar-refractivity contribution in [1.29, 1.82) is 0 Å². The Kier molecular flexibility index (Phi) is 11.7. The molecular formula is C28H54F2N2O2. The lowest BCUT2D eigenvalue weighted by Gasteiger charge is -2.26. The molecule has 2 aliphatic heterocycles. The minimum absolute atomic E-state index is 0.0377. The zero-order valence-corrected chi connectivity index (χ0v) is 23.3. The van der Waals surface area contributed by atoms with Gasteiger partial charge in [-0.15, -0.1) is 0 Å². The first-order valence-corrected chi connectivity index (χ1v) is 14.1. The van der Waals surface area contributed by atoms with E-state index in [1.54, 1.807) is 0 Å². The molecule has 0 aromatic carbocycles. The number of hydrogen-bond acceptors (Lipinski definition) is 4. The Morgan fingerprint density at radius 2 is 1.29 bits per heavy atom. The van der Waals surface area contributed by atoms with Crippen LogP contribution in [-0.4, -0.2) is 87.8 Å². The van der Waals surface area contributed by atoms with Crippen LogP contribution >= 0.6 is 0 Å². The summed E-state index contributed by atoms with van der Waals surface area (Å²) >= 11 is 0. The summed E-state index contributed by atoms with van der Waals surface area (Å²) in [6.07, 6.45) is 8.30. The average Bonchev–Trinajstić information content (AvgIpc) is 3.76. The number of nitrogens with zero attached hydrogens (tertiary/aromatic N) is 2. The van der Waals surface area contributed by atoms with Crippen LogP contribution in [-0.2, 0) is 9.47 Å². The van der Waals surface area contributed by atoms with Crippen molar-refractivity contribution in [2.24, 2.45) is 22.7 Å². The zero-order valence-electron chi connectivity index (χ0n) is 23.3. The lowest BCUT2D eigenvalue weighted by Crippen LogP contribution is -2.36. The normalized spacial score (nSPS) is 31.9. The predicted molar refractivity (Wildman–Crippen MR) is 138 cm³/mol. The first-order valence-electron chi connectivity index (χ1n) is 14.1. The van der Waals surface area contributed by atoms with Gasteiger partial charge in [-0.1, -0.05) is 27.7 Å². The fourth-order valence-corrected chi connectivity index (χ4v) is 5.67. The quantitative estimate of drug-likeness (QED) is 0.377. The van der Waals surface area contributed by atoms with E-state index in [9.17, 15) is 8.78 Å². The van der Waals surface area contributed by atoms with Crippen molar-refractivity contribution in [3.8, 4) is 0 Å². The minimum Gasteiger partial charge on any atom is -0.384 e. The fraction of sp³-hybridized carbons (Fsp3) is 1.00. The molecule has 2 saturated heterocycles. The van der Waals surface area contributed by atoms with Gasteiger partial charge >= 0.3 is 0 Å². The number of alkyl halides is 2. The Balaban J connectivity index is 0.000000222. The van der Waals surface area contributed by atoms with Crippen LogP contribution in [0.2, 0.25) is 0 Å². The van der Waals surface area contributed by atoms with Crippen molar-refractivity contribution in [3.63, 3.8) is 0 Å². The number of hydrogen-bond donors (Lipinski definition) is 0. The van der Waals surface area contributed by atoms with Crippen molar-refractivity contribution in [2.75, 3.05) is 66.3 Å². The third kappa shape index (κ3) is 7.85. The van der Waals surface area contributed by atoms with Crippen molar-refractivity contribution < 1.29 is 18.3 Å². The summed E-state index contributed by atoms with van der Waals surface area (Å²) in [5, 5.41) is 0. The lowest BCUT2D eigenvalue weighted by atomic mass is 10.1. The molecule has 5 fully saturated rings. The number of likely N-dealkylation sites (tertiary alicyclic amines) is 2. The van der Waals surface area contributed by atoms with Gasteiger partial charge in [-0.05, 0) is 65.5 Å². The van der Waals surface area contributed by atoms with Crippen LogP contribution in [0, 0.1) is 22.7 Å². The van der Waals surface area contributed by atoms with Gasteiger partial charge in [0, 0.05) is 56.0 Å². The topological polar surface area (TPSA) is 24.9 Å². The van der Waals surface area contributed by atoms with Crippen LogP contribution in [0.25, 0.3) is 0 Å². The first kappa shape index (κ1) is 29.9. The molecule has 0 bridgehead atoms. The summed E-state index contributed by atoms with van der Waals surface area (Å²) in [4.78, 5) is 4.92. The maximum atomic E-state index is 13.8. The van der Waals surface area contributed by atoms with Crippen molar-refractivity contribution >= 4 is 0 Å². The molecule has 202 valence electrons. The van der Waals surface area contributed by atoms with Crippen molar-refractivity contribution in [1.82, 2.24) is 9.80 Å². The molecule has 0 amide bonds. The number of ether oxygens (including phenoxy) is 2. The molecular weight excluding hydrogens is 434 g/mol. The highest BCUT2D eigenvalue weighted by Crippen LogP contribution is 2.59. The Bertz CT molecular complexity index is 563. The van der Waals surface area contributed by atoms with E-state index in [4.69, 9.17) is 9.47 Å². The van der Waals surface area contributed by atoms with Crippen LogP contribution in [0.15, 0.2) is 0 Å². The monoisotopic (exact) mass is 488 g/mol. The average molecular weight is 489 g/mol. The van der Waals surface area contributed by atoms with Crippen molar-refractivity contribution in [2.45, 2.75) is 91.8 Å². The van der Waals surface area contributed by atoms with Crippen LogP contribution in [0.4, 0.5) is 8.78 Å². The maximum absolute atomic E-state index is 13.8. The van der Waals surface area contributed by atoms with E-state index in [0.717, 1.165) is 32.8 Å². The second kappa shape index (κ2) is 13.3. The molecule has 0 spiro atoms. The lowest BCUT2D eigenvalue weighted by molar-refractivity contribution is 0.0295. The molecule has 34 heavy (non-hydrogen) atoms. The number of methoxy groups -OCH3 is 1. The molecule has 5 aliphatic rings. The fourth-order valence-electron chi connectivity index (χ4n) is 5.67. The SMILES string of the molecule is CC.CC.CC(C)OCC1(CN2CC3C(C2)C3(F)CF)CC1.COCC1(CN2CCCC2)CC1. The molecule has 3 aliphatic carbocycles. The molecule has 2 heterocycles. The molecule has 2 atom stereocenters. The third-order valence-electron chi connectivity index (χ3n) is 8.13. The van der Waals surface area contributed by atoms with Gasteiger partial charge in [-0.3, -0.25) is 0 Å². The Labute approximate surface area is 209 Å². The van der Waals surface area contributed by atoms with Gasteiger partial charge in [0.15, 0.2) is 0 Å². The number of piperidine rings is 1. The molecule has 5 rings (SSSR count). The van der Waals surface area contributed by atoms with Crippen LogP contribution in [0.1, 0.15) is 80.1 Å². The zero-order chi connectivity index (χ0) is 25.4. The molecule has 6 heteroatoms. The maximum Gasteiger partial charge on any atom is 0.148 e. The summed E-state index contributed by atoms with van der Waals surface area (Å²) < 4.78 is 37.3. The molecule has 3 saturated carbocycles. The van der Waals surface area contributed by atoms with E-state index in [1.165, 1.54) is 58.2 Å². The highest BCUT2D eigenvalue weighted by molar-refractivity contribution is 5.18. The standard InChI is InChI=1S/C14H23F2NO.C10H19NO.2C2H6/c1-10(2)18-9-13(3-4-13)8-17-5-11-12(6-17)14(11,16)7-15;1-12-9-10(4-5-10)8-11-6-2-3-7-11;2*1-2/h10-12H,3-9H2,1-2H3;2-9H2,1H3;2*1-2H3. The number of halogens is 2. The Morgan fingerprint density at radius 1 is 0.824 bits per heavy atom.